The maximum atomic E-state index is 12.5. The lowest BCUT2D eigenvalue weighted by Crippen LogP contribution is -2.20. The standard InChI is InChI=1S/C15H8BrN3OS/c16-11-6-3-7-12-13(11)18-15(21-12)19-14(20)10-5-2-1-4-9(10)8-17-19/h1-8H. The Morgan fingerprint density at radius 1 is 1.10 bits per heavy atom. The van der Waals surface area contributed by atoms with Crippen molar-refractivity contribution in [3.63, 3.8) is 0 Å². The zero-order valence-corrected chi connectivity index (χ0v) is 13.1. The van der Waals surface area contributed by atoms with E-state index in [0.29, 0.717) is 10.5 Å². The van der Waals surface area contributed by atoms with E-state index in [9.17, 15) is 4.79 Å². The van der Waals surface area contributed by atoms with Crippen molar-refractivity contribution in [2.75, 3.05) is 0 Å². The lowest BCUT2D eigenvalue weighted by Gasteiger charge is -2.01. The van der Waals surface area contributed by atoms with Gasteiger partial charge in [-0.3, -0.25) is 4.79 Å². The smallest absolute Gasteiger partial charge is 0.267 e. The van der Waals surface area contributed by atoms with Gasteiger partial charge in [0.25, 0.3) is 5.56 Å². The van der Waals surface area contributed by atoms with Crippen molar-refractivity contribution < 1.29 is 0 Å². The minimum absolute atomic E-state index is 0.150. The van der Waals surface area contributed by atoms with Gasteiger partial charge < -0.3 is 0 Å². The van der Waals surface area contributed by atoms with Crippen LogP contribution in [0.25, 0.3) is 26.1 Å². The van der Waals surface area contributed by atoms with Gasteiger partial charge in [-0.2, -0.15) is 9.78 Å². The van der Waals surface area contributed by atoms with E-state index in [1.165, 1.54) is 16.0 Å². The van der Waals surface area contributed by atoms with Crippen molar-refractivity contribution in [2.45, 2.75) is 0 Å². The molecule has 0 aliphatic heterocycles. The highest BCUT2D eigenvalue weighted by Gasteiger charge is 2.12. The average molecular weight is 358 g/mol. The molecule has 21 heavy (non-hydrogen) atoms. The Morgan fingerprint density at radius 2 is 1.95 bits per heavy atom. The number of hydrogen-bond donors (Lipinski definition) is 0. The first-order chi connectivity index (χ1) is 10.2. The minimum atomic E-state index is -0.150. The van der Waals surface area contributed by atoms with Gasteiger partial charge in [-0.1, -0.05) is 35.6 Å². The molecule has 102 valence electrons. The lowest BCUT2D eigenvalue weighted by atomic mass is 10.2. The van der Waals surface area contributed by atoms with Crippen LogP contribution in [0.3, 0.4) is 0 Å². The number of thiazole rings is 1. The van der Waals surface area contributed by atoms with Crippen molar-refractivity contribution in [3.8, 4) is 5.13 Å². The van der Waals surface area contributed by atoms with Crippen LogP contribution >= 0.6 is 27.3 Å². The normalized spacial score (nSPS) is 11.3. The summed E-state index contributed by atoms with van der Waals surface area (Å²) in [4.78, 5) is 17.1. The molecule has 2 aromatic heterocycles. The van der Waals surface area contributed by atoms with Gasteiger partial charge in [0, 0.05) is 9.86 Å². The molecule has 0 bridgehead atoms. The molecule has 0 aliphatic carbocycles. The van der Waals surface area contributed by atoms with E-state index in [0.717, 1.165) is 20.1 Å². The number of halogens is 1. The topological polar surface area (TPSA) is 47.8 Å². The van der Waals surface area contributed by atoms with Crippen LogP contribution in [0.15, 0.2) is 57.9 Å². The molecule has 0 fully saturated rings. The van der Waals surface area contributed by atoms with E-state index in [4.69, 9.17) is 0 Å². The van der Waals surface area contributed by atoms with Crippen molar-refractivity contribution in [2.24, 2.45) is 0 Å². The first-order valence-corrected chi connectivity index (χ1v) is 7.87. The molecule has 0 saturated heterocycles. The number of benzene rings is 2. The quantitative estimate of drug-likeness (QED) is 0.521. The molecule has 0 N–H and O–H groups in total. The molecular weight excluding hydrogens is 350 g/mol. The second-order valence-corrected chi connectivity index (χ2v) is 6.40. The van der Waals surface area contributed by atoms with Gasteiger partial charge in [0.2, 0.25) is 5.13 Å². The summed E-state index contributed by atoms with van der Waals surface area (Å²) < 4.78 is 3.29. The predicted octanol–water partition coefficient (Wildman–Crippen LogP) is 3.76. The fraction of sp³-hybridized carbons (Fsp3) is 0. The first-order valence-electron chi connectivity index (χ1n) is 6.26. The van der Waals surface area contributed by atoms with Crippen LogP contribution in [-0.2, 0) is 0 Å². The zero-order chi connectivity index (χ0) is 14.4. The van der Waals surface area contributed by atoms with Crippen molar-refractivity contribution >= 4 is 48.3 Å². The molecule has 4 rings (SSSR count). The third-order valence-electron chi connectivity index (χ3n) is 3.24. The third kappa shape index (κ3) is 1.99. The van der Waals surface area contributed by atoms with Crippen LogP contribution in [0.5, 0.6) is 0 Å². The van der Waals surface area contributed by atoms with Crippen LogP contribution in [0.2, 0.25) is 0 Å². The Labute approximate surface area is 131 Å². The van der Waals surface area contributed by atoms with E-state index < -0.39 is 0 Å². The Bertz CT molecular complexity index is 1040. The fourth-order valence-corrected chi connectivity index (χ4v) is 3.76. The van der Waals surface area contributed by atoms with Gasteiger partial charge in [-0.15, -0.1) is 0 Å². The summed E-state index contributed by atoms with van der Waals surface area (Å²) in [7, 11) is 0. The summed E-state index contributed by atoms with van der Waals surface area (Å²) in [5.74, 6) is 0. The molecule has 0 atom stereocenters. The molecule has 0 aliphatic rings. The number of para-hydroxylation sites is 1. The number of fused-ring (bicyclic) bond motifs is 2. The number of hydrogen-bond acceptors (Lipinski definition) is 4. The predicted molar refractivity (Wildman–Crippen MR) is 88.2 cm³/mol. The summed E-state index contributed by atoms with van der Waals surface area (Å²) in [6, 6.07) is 13.3. The van der Waals surface area contributed by atoms with Crippen molar-refractivity contribution in [3.05, 3.63) is 63.5 Å². The molecule has 2 aromatic carbocycles. The van der Waals surface area contributed by atoms with E-state index >= 15 is 0 Å². The average Bonchev–Trinajstić information content (AvgIpc) is 2.93. The van der Waals surface area contributed by atoms with Gasteiger partial charge in [0.05, 0.1) is 21.8 Å². The molecule has 0 amide bonds. The highest BCUT2D eigenvalue weighted by Crippen LogP contribution is 2.29. The number of nitrogens with zero attached hydrogens (tertiary/aromatic N) is 3. The fourth-order valence-electron chi connectivity index (χ4n) is 2.22. The molecule has 4 nitrogen and oxygen atoms in total. The second-order valence-electron chi connectivity index (χ2n) is 4.53. The summed E-state index contributed by atoms with van der Waals surface area (Å²) in [6.45, 7) is 0. The van der Waals surface area contributed by atoms with Crippen LogP contribution in [0, 0.1) is 0 Å². The molecule has 6 heteroatoms. The van der Waals surface area contributed by atoms with Crippen LogP contribution in [0.1, 0.15) is 0 Å². The van der Waals surface area contributed by atoms with Gasteiger partial charge in [-0.25, -0.2) is 4.98 Å². The minimum Gasteiger partial charge on any atom is -0.267 e. The third-order valence-corrected chi connectivity index (χ3v) is 4.87. The molecule has 0 saturated carbocycles. The molecule has 0 spiro atoms. The van der Waals surface area contributed by atoms with E-state index in [-0.39, 0.29) is 5.56 Å². The van der Waals surface area contributed by atoms with Crippen molar-refractivity contribution in [1.29, 1.82) is 0 Å². The van der Waals surface area contributed by atoms with Crippen molar-refractivity contribution in [1.82, 2.24) is 14.8 Å². The number of aromatic nitrogens is 3. The molecule has 2 heterocycles. The second kappa shape index (κ2) is 4.75. The maximum absolute atomic E-state index is 12.5. The Hall–Kier alpha value is -2.05. The molecule has 0 unspecified atom stereocenters. The zero-order valence-electron chi connectivity index (χ0n) is 10.7. The van der Waals surface area contributed by atoms with E-state index in [1.807, 2.05) is 36.4 Å². The highest BCUT2D eigenvalue weighted by atomic mass is 79.9. The Kier molecular flexibility index (Phi) is 2.87. The Morgan fingerprint density at radius 3 is 2.81 bits per heavy atom. The maximum Gasteiger partial charge on any atom is 0.281 e. The SMILES string of the molecule is O=c1c2ccccc2cnn1-c1nc2c(Br)cccc2s1. The van der Waals surface area contributed by atoms with Gasteiger partial charge in [-0.05, 0) is 34.1 Å². The van der Waals surface area contributed by atoms with Crippen LogP contribution < -0.4 is 5.56 Å². The van der Waals surface area contributed by atoms with E-state index in [1.54, 1.807) is 12.3 Å². The Balaban J connectivity index is 2.02. The van der Waals surface area contributed by atoms with E-state index in [2.05, 4.69) is 26.0 Å². The number of rotatable bonds is 1. The molecule has 0 radical (unpaired) electrons. The van der Waals surface area contributed by atoms with Crippen LogP contribution in [0.4, 0.5) is 0 Å². The molecular formula is C15H8BrN3OS. The van der Waals surface area contributed by atoms with Crippen LogP contribution in [-0.4, -0.2) is 14.8 Å². The summed E-state index contributed by atoms with van der Waals surface area (Å²) in [6.07, 6.45) is 1.69. The summed E-state index contributed by atoms with van der Waals surface area (Å²) >= 11 is 4.92. The highest BCUT2D eigenvalue weighted by molar-refractivity contribution is 9.10. The van der Waals surface area contributed by atoms with Gasteiger partial charge >= 0.3 is 0 Å². The van der Waals surface area contributed by atoms with Gasteiger partial charge in [0.1, 0.15) is 0 Å². The monoisotopic (exact) mass is 357 g/mol. The molecule has 4 aromatic rings. The van der Waals surface area contributed by atoms with Gasteiger partial charge in [0.15, 0.2) is 0 Å². The first kappa shape index (κ1) is 12.7. The lowest BCUT2D eigenvalue weighted by molar-refractivity contribution is 0.815. The summed E-state index contributed by atoms with van der Waals surface area (Å²) in [5.41, 5.74) is 0.697. The summed E-state index contributed by atoms with van der Waals surface area (Å²) in [5, 5.41) is 6.29. The largest absolute Gasteiger partial charge is 0.281 e.